The molecule has 0 fully saturated rings. The quantitative estimate of drug-likeness (QED) is 0.427. The molecule has 0 unspecified atom stereocenters. The van der Waals surface area contributed by atoms with Crippen LogP contribution in [0.5, 0.6) is 0 Å². The smallest absolute Gasteiger partial charge is 0.338 e. The highest BCUT2D eigenvalue weighted by atomic mass is 32.2. The molecule has 0 bridgehead atoms. The highest BCUT2D eigenvalue weighted by Crippen LogP contribution is 2.27. The lowest BCUT2D eigenvalue weighted by molar-refractivity contribution is -0.124. The summed E-state index contributed by atoms with van der Waals surface area (Å²) in [6.45, 7) is 4.05. The number of nitrogens with one attached hydrogen (secondary N) is 1. The fourth-order valence-electron chi connectivity index (χ4n) is 2.43. The van der Waals surface area contributed by atoms with Gasteiger partial charge in [-0.15, -0.1) is 11.8 Å². The molecule has 0 heterocycles. The molecule has 6 heteroatoms. The number of carbonyl (C=O) groups is 2. The van der Waals surface area contributed by atoms with Crippen molar-refractivity contribution in [3.05, 3.63) is 64.7 Å². The van der Waals surface area contributed by atoms with Crippen LogP contribution in [-0.4, -0.2) is 25.0 Å². The fraction of sp³-hybridized carbons (Fsp3) is 0.286. The van der Waals surface area contributed by atoms with Gasteiger partial charge in [-0.05, 0) is 43.2 Å². The largest absolute Gasteiger partial charge is 0.452 e. The molecule has 0 radical (unpaired) electrons. The van der Waals surface area contributed by atoms with Crippen LogP contribution in [0.2, 0.25) is 0 Å². The molecule has 0 aliphatic rings. The van der Waals surface area contributed by atoms with Crippen LogP contribution < -0.4 is 5.32 Å². The summed E-state index contributed by atoms with van der Waals surface area (Å²) in [4.78, 5) is 24.9. The van der Waals surface area contributed by atoms with E-state index in [1.807, 2.05) is 18.2 Å². The Labute approximate surface area is 163 Å². The number of rotatable bonds is 8. The SMILES string of the molecule is Cc1ccc(SCc2cccc(C(=O)OCC(=O)NCCC#N)c2)c(C)c1. The van der Waals surface area contributed by atoms with Crippen LogP contribution in [0, 0.1) is 25.2 Å². The van der Waals surface area contributed by atoms with Gasteiger partial charge in [-0.3, -0.25) is 4.79 Å². The van der Waals surface area contributed by atoms with E-state index < -0.39 is 11.9 Å². The van der Waals surface area contributed by atoms with Crippen molar-refractivity contribution in [3.63, 3.8) is 0 Å². The van der Waals surface area contributed by atoms with E-state index in [0.717, 1.165) is 11.3 Å². The van der Waals surface area contributed by atoms with E-state index in [2.05, 4.69) is 37.4 Å². The number of ether oxygens (including phenoxy) is 1. The summed E-state index contributed by atoms with van der Waals surface area (Å²) >= 11 is 1.72. The second kappa shape index (κ2) is 10.4. The van der Waals surface area contributed by atoms with Gasteiger partial charge in [0, 0.05) is 17.2 Å². The molecular formula is C21H22N2O3S. The van der Waals surface area contributed by atoms with Crippen molar-refractivity contribution in [1.29, 1.82) is 5.26 Å². The van der Waals surface area contributed by atoms with Crippen molar-refractivity contribution in [2.45, 2.75) is 30.9 Å². The number of hydrogen-bond acceptors (Lipinski definition) is 5. The molecule has 0 spiro atoms. The molecule has 0 aliphatic carbocycles. The van der Waals surface area contributed by atoms with E-state index in [4.69, 9.17) is 10.00 Å². The topological polar surface area (TPSA) is 79.2 Å². The number of aryl methyl sites for hydroxylation is 2. The van der Waals surface area contributed by atoms with E-state index in [1.165, 1.54) is 16.0 Å². The number of carbonyl (C=O) groups excluding carboxylic acids is 2. The average Bonchev–Trinajstić information content (AvgIpc) is 2.66. The summed E-state index contributed by atoms with van der Waals surface area (Å²) in [6.07, 6.45) is 0.222. The number of nitriles is 1. The lowest BCUT2D eigenvalue weighted by Crippen LogP contribution is -2.29. The van der Waals surface area contributed by atoms with Crippen molar-refractivity contribution >= 4 is 23.6 Å². The van der Waals surface area contributed by atoms with E-state index in [1.54, 1.807) is 23.9 Å². The first-order chi connectivity index (χ1) is 13.0. The first kappa shape index (κ1) is 20.5. The first-order valence-corrected chi connectivity index (χ1v) is 9.58. The Morgan fingerprint density at radius 3 is 2.74 bits per heavy atom. The molecule has 5 nitrogen and oxygen atoms in total. The first-order valence-electron chi connectivity index (χ1n) is 8.59. The Hall–Kier alpha value is -2.78. The van der Waals surface area contributed by atoms with Crippen LogP contribution in [0.25, 0.3) is 0 Å². The van der Waals surface area contributed by atoms with Gasteiger partial charge in [0.05, 0.1) is 18.1 Å². The maximum absolute atomic E-state index is 12.1. The van der Waals surface area contributed by atoms with Crippen LogP contribution in [0.3, 0.4) is 0 Å². The molecule has 0 saturated carbocycles. The van der Waals surface area contributed by atoms with Gasteiger partial charge >= 0.3 is 5.97 Å². The van der Waals surface area contributed by atoms with Crippen molar-refractivity contribution in [2.24, 2.45) is 0 Å². The number of amides is 1. The van der Waals surface area contributed by atoms with E-state index in [0.29, 0.717) is 5.56 Å². The molecule has 2 aromatic rings. The standard InChI is InChI=1S/C21H22N2O3S/c1-15-7-8-19(16(2)11-15)27-14-17-5-3-6-18(12-17)21(25)26-13-20(24)23-10-4-9-22/h3,5-8,11-12H,4,10,13-14H2,1-2H3,(H,23,24). The molecule has 140 valence electrons. The van der Waals surface area contributed by atoms with Crippen molar-refractivity contribution in [1.82, 2.24) is 5.32 Å². The maximum atomic E-state index is 12.1. The summed E-state index contributed by atoms with van der Waals surface area (Å²) in [5.74, 6) is -0.219. The predicted octanol–water partition coefficient (Wildman–Crippen LogP) is 3.78. The molecular weight excluding hydrogens is 360 g/mol. The summed E-state index contributed by atoms with van der Waals surface area (Å²) in [5.41, 5.74) is 3.89. The zero-order valence-electron chi connectivity index (χ0n) is 15.5. The number of esters is 1. The highest BCUT2D eigenvalue weighted by Gasteiger charge is 2.11. The Kier molecular flexibility index (Phi) is 7.90. The van der Waals surface area contributed by atoms with Crippen LogP contribution in [-0.2, 0) is 15.3 Å². The van der Waals surface area contributed by atoms with Crippen LogP contribution in [0.15, 0.2) is 47.4 Å². The second-order valence-corrected chi connectivity index (χ2v) is 7.11. The number of thioether (sulfide) groups is 1. The minimum atomic E-state index is -0.538. The van der Waals surface area contributed by atoms with Gasteiger partial charge in [0.2, 0.25) is 0 Å². The van der Waals surface area contributed by atoms with E-state index in [-0.39, 0.29) is 19.6 Å². The third-order valence-electron chi connectivity index (χ3n) is 3.78. The molecule has 0 atom stereocenters. The maximum Gasteiger partial charge on any atom is 0.338 e. The highest BCUT2D eigenvalue weighted by molar-refractivity contribution is 7.98. The molecule has 0 aliphatic heterocycles. The Morgan fingerprint density at radius 2 is 2.00 bits per heavy atom. The molecule has 2 rings (SSSR count). The van der Waals surface area contributed by atoms with Crippen molar-refractivity contribution in [2.75, 3.05) is 13.2 Å². The summed E-state index contributed by atoms with van der Waals surface area (Å²) in [7, 11) is 0. The lowest BCUT2D eigenvalue weighted by atomic mass is 10.1. The molecule has 0 aromatic heterocycles. The Balaban J connectivity index is 1.89. The molecule has 1 amide bonds. The van der Waals surface area contributed by atoms with Gasteiger partial charge in [0.1, 0.15) is 0 Å². The second-order valence-electron chi connectivity index (χ2n) is 6.09. The normalized spacial score (nSPS) is 10.1. The molecule has 0 saturated heterocycles. The number of benzene rings is 2. The van der Waals surface area contributed by atoms with Gasteiger partial charge < -0.3 is 10.1 Å². The zero-order chi connectivity index (χ0) is 19.6. The minimum absolute atomic E-state index is 0.222. The number of hydrogen-bond donors (Lipinski definition) is 1. The van der Waals surface area contributed by atoms with Gasteiger partial charge in [-0.1, -0.05) is 29.8 Å². The molecule has 2 aromatic carbocycles. The van der Waals surface area contributed by atoms with Crippen LogP contribution in [0.1, 0.15) is 33.5 Å². The minimum Gasteiger partial charge on any atom is -0.452 e. The van der Waals surface area contributed by atoms with E-state index >= 15 is 0 Å². The average molecular weight is 382 g/mol. The number of nitrogens with zero attached hydrogens (tertiary/aromatic N) is 1. The van der Waals surface area contributed by atoms with Gasteiger partial charge in [0.25, 0.3) is 5.91 Å². The fourth-order valence-corrected chi connectivity index (χ4v) is 3.39. The zero-order valence-corrected chi connectivity index (χ0v) is 16.3. The summed E-state index contributed by atoms with van der Waals surface area (Å²) < 4.78 is 5.03. The van der Waals surface area contributed by atoms with E-state index in [9.17, 15) is 9.59 Å². The molecule has 27 heavy (non-hydrogen) atoms. The summed E-state index contributed by atoms with van der Waals surface area (Å²) in [5, 5.41) is 10.9. The van der Waals surface area contributed by atoms with Gasteiger partial charge in [-0.2, -0.15) is 5.26 Å². The van der Waals surface area contributed by atoms with Gasteiger partial charge in [-0.25, -0.2) is 4.79 Å². The van der Waals surface area contributed by atoms with Crippen LogP contribution in [0.4, 0.5) is 0 Å². The third kappa shape index (κ3) is 6.80. The lowest BCUT2D eigenvalue weighted by Gasteiger charge is -2.08. The van der Waals surface area contributed by atoms with Crippen molar-refractivity contribution < 1.29 is 14.3 Å². The molecule has 1 N–H and O–H groups in total. The van der Waals surface area contributed by atoms with Crippen molar-refractivity contribution in [3.8, 4) is 6.07 Å². The van der Waals surface area contributed by atoms with Gasteiger partial charge in [0.15, 0.2) is 6.61 Å². The third-order valence-corrected chi connectivity index (χ3v) is 5.03. The predicted molar refractivity (Wildman–Crippen MR) is 105 cm³/mol. The monoisotopic (exact) mass is 382 g/mol. The Morgan fingerprint density at radius 1 is 1.19 bits per heavy atom. The summed E-state index contributed by atoms with van der Waals surface area (Å²) in [6, 6.07) is 15.5. The van der Waals surface area contributed by atoms with Crippen LogP contribution >= 0.6 is 11.8 Å². The Bertz CT molecular complexity index is 859.